The summed E-state index contributed by atoms with van der Waals surface area (Å²) in [5.74, 6) is 0.901. The summed E-state index contributed by atoms with van der Waals surface area (Å²) in [5.41, 5.74) is 2.94. The predicted molar refractivity (Wildman–Crippen MR) is 110 cm³/mol. The molecule has 0 radical (unpaired) electrons. The first-order chi connectivity index (χ1) is 13.1. The molecule has 27 heavy (non-hydrogen) atoms. The third-order valence-electron chi connectivity index (χ3n) is 5.44. The van der Waals surface area contributed by atoms with Gasteiger partial charge in [0.25, 0.3) is 0 Å². The van der Waals surface area contributed by atoms with Gasteiger partial charge < -0.3 is 4.90 Å². The zero-order valence-electron chi connectivity index (χ0n) is 15.9. The number of para-hydroxylation sites is 1. The second-order valence-corrected chi connectivity index (χ2v) is 7.80. The van der Waals surface area contributed by atoms with Gasteiger partial charge in [-0.25, -0.2) is 4.98 Å². The van der Waals surface area contributed by atoms with Crippen molar-refractivity contribution in [3.63, 3.8) is 0 Å². The molecular formula is C23H24N4. The molecule has 4 rings (SSSR count). The highest BCUT2D eigenvalue weighted by Gasteiger charge is 2.34. The fourth-order valence-corrected chi connectivity index (χ4v) is 3.90. The van der Waals surface area contributed by atoms with Crippen molar-refractivity contribution in [1.82, 2.24) is 9.88 Å². The van der Waals surface area contributed by atoms with Gasteiger partial charge in [-0.3, -0.25) is 4.90 Å². The summed E-state index contributed by atoms with van der Waals surface area (Å²) in [6, 6.07) is 22.8. The molecule has 2 heterocycles. The van der Waals surface area contributed by atoms with Crippen LogP contribution in [0.3, 0.4) is 0 Å². The lowest BCUT2D eigenvalue weighted by Gasteiger charge is -2.47. The van der Waals surface area contributed by atoms with Crippen LogP contribution in [0.15, 0.2) is 60.7 Å². The molecule has 0 amide bonds. The minimum Gasteiger partial charge on any atom is -0.353 e. The molecule has 3 aromatic rings. The SMILES string of the molecule is CC1(C)CN(c2cc(C#N)c3ccccc3n2)CCN1Cc1ccccc1. The molecule has 4 heteroatoms. The number of pyridine rings is 1. The summed E-state index contributed by atoms with van der Waals surface area (Å²) in [7, 11) is 0. The van der Waals surface area contributed by atoms with Crippen LogP contribution < -0.4 is 4.90 Å². The second kappa shape index (κ2) is 7.02. The predicted octanol–water partition coefficient (Wildman–Crippen LogP) is 4.21. The molecule has 0 unspecified atom stereocenters. The molecular weight excluding hydrogens is 332 g/mol. The van der Waals surface area contributed by atoms with Crippen LogP contribution in [0.1, 0.15) is 25.0 Å². The van der Waals surface area contributed by atoms with Crippen molar-refractivity contribution in [2.45, 2.75) is 25.9 Å². The maximum Gasteiger partial charge on any atom is 0.130 e. The van der Waals surface area contributed by atoms with Crippen molar-refractivity contribution in [3.05, 3.63) is 71.8 Å². The Morgan fingerprint density at radius 1 is 1.04 bits per heavy atom. The zero-order chi connectivity index (χ0) is 18.9. The number of aromatic nitrogens is 1. The number of anilines is 1. The molecule has 0 N–H and O–H groups in total. The first-order valence-corrected chi connectivity index (χ1v) is 9.41. The van der Waals surface area contributed by atoms with E-state index in [1.54, 1.807) is 0 Å². The van der Waals surface area contributed by atoms with E-state index in [9.17, 15) is 5.26 Å². The summed E-state index contributed by atoms with van der Waals surface area (Å²) < 4.78 is 0. The second-order valence-electron chi connectivity index (χ2n) is 7.80. The molecule has 0 aliphatic carbocycles. The largest absolute Gasteiger partial charge is 0.353 e. The van der Waals surface area contributed by atoms with Gasteiger partial charge in [0.1, 0.15) is 5.82 Å². The molecule has 1 aromatic heterocycles. The Bertz CT molecular complexity index is 988. The van der Waals surface area contributed by atoms with Crippen LogP contribution in [0.25, 0.3) is 10.9 Å². The highest BCUT2D eigenvalue weighted by atomic mass is 15.3. The van der Waals surface area contributed by atoms with Crippen LogP contribution >= 0.6 is 0 Å². The van der Waals surface area contributed by atoms with Crippen LogP contribution in [0.2, 0.25) is 0 Å². The van der Waals surface area contributed by atoms with E-state index in [4.69, 9.17) is 4.98 Å². The number of fused-ring (bicyclic) bond motifs is 1. The molecule has 1 saturated heterocycles. The maximum atomic E-state index is 9.56. The third-order valence-corrected chi connectivity index (χ3v) is 5.44. The topological polar surface area (TPSA) is 43.2 Å². The van der Waals surface area contributed by atoms with Crippen molar-refractivity contribution < 1.29 is 0 Å². The average Bonchev–Trinajstić information content (AvgIpc) is 2.69. The van der Waals surface area contributed by atoms with Gasteiger partial charge in [0.05, 0.1) is 17.1 Å². The van der Waals surface area contributed by atoms with E-state index in [2.05, 4.69) is 60.0 Å². The van der Waals surface area contributed by atoms with Gasteiger partial charge in [-0.15, -0.1) is 0 Å². The van der Waals surface area contributed by atoms with Gasteiger partial charge >= 0.3 is 0 Å². The quantitative estimate of drug-likeness (QED) is 0.705. The number of hydrogen-bond acceptors (Lipinski definition) is 4. The van der Waals surface area contributed by atoms with Crippen LogP contribution in [0.4, 0.5) is 5.82 Å². The molecule has 1 aliphatic rings. The summed E-state index contributed by atoms with van der Waals surface area (Å²) in [4.78, 5) is 9.69. The highest BCUT2D eigenvalue weighted by Crippen LogP contribution is 2.28. The van der Waals surface area contributed by atoms with Gasteiger partial charge in [-0.05, 0) is 31.5 Å². The van der Waals surface area contributed by atoms with Gasteiger partial charge in [0, 0.05) is 37.1 Å². The highest BCUT2D eigenvalue weighted by molar-refractivity contribution is 5.86. The van der Waals surface area contributed by atoms with Gasteiger partial charge in [0.2, 0.25) is 0 Å². The normalized spacial score (nSPS) is 17.0. The molecule has 0 atom stereocenters. The lowest BCUT2D eigenvalue weighted by molar-refractivity contribution is 0.0960. The van der Waals surface area contributed by atoms with Crippen molar-refractivity contribution >= 4 is 16.7 Å². The fraction of sp³-hybridized carbons (Fsp3) is 0.304. The van der Waals surface area contributed by atoms with Crippen molar-refractivity contribution in [1.29, 1.82) is 5.26 Å². The smallest absolute Gasteiger partial charge is 0.130 e. The van der Waals surface area contributed by atoms with E-state index in [0.717, 1.165) is 42.9 Å². The Balaban J connectivity index is 1.59. The molecule has 1 aliphatic heterocycles. The van der Waals surface area contributed by atoms with Crippen molar-refractivity contribution in [3.8, 4) is 6.07 Å². The number of nitrogens with zero attached hydrogens (tertiary/aromatic N) is 4. The summed E-state index contributed by atoms with van der Waals surface area (Å²) in [6.45, 7) is 8.29. The van der Waals surface area contributed by atoms with E-state index >= 15 is 0 Å². The fourth-order valence-electron chi connectivity index (χ4n) is 3.90. The first-order valence-electron chi connectivity index (χ1n) is 9.41. The number of benzene rings is 2. The molecule has 4 nitrogen and oxygen atoms in total. The summed E-state index contributed by atoms with van der Waals surface area (Å²) in [6.07, 6.45) is 0. The number of nitriles is 1. The number of rotatable bonds is 3. The van der Waals surface area contributed by atoms with Gasteiger partial charge in [0.15, 0.2) is 0 Å². The Labute approximate surface area is 160 Å². The lowest BCUT2D eigenvalue weighted by Crippen LogP contribution is -2.59. The van der Waals surface area contributed by atoms with Crippen LogP contribution in [-0.2, 0) is 6.54 Å². The molecule has 2 aromatic carbocycles. The minimum absolute atomic E-state index is 0.0220. The average molecular weight is 356 g/mol. The minimum atomic E-state index is 0.0220. The van der Waals surface area contributed by atoms with Crippen molar-refractivity contribution in [2.75, 3.05) is 24.5 Å². The number of hydrogen-bond donors (Lipinski definition) is 0. The molecule has 0 bridgehead atoms. The molecule has 136 valence electrons. The Kier molecular flexibility index (Phi) is 4.55. The van der Waals surface area contributed by atoms with Crippen LogP contribution in [-0.4, -0.2) is 35.1 Å². The molecule has 0 spiro atoms. The molecule has 0 saturated carbocycles. The summed E-state index contributed by atoms with van der Waals surface area (Å²) >= 11 is 0. The Morgan fingerprint density at radius 2 is 1.78 bits per heavy atom. The van der Waals surface area contributed by atoms with Crippen LogP contribution in [0.5, 0.6) is 0 Å². The van der Waals surface area contributed by atoms with Gasteiger partial charge in [-0.2, -0.15) is 5.26 Å². The Hall–Kier alpha value is -2.90. The van der Waals surface area contributed by atoms with E-state index in [0.29, 0.717) is 5.56 Å². The van der Waals surface area contributed by atoms with Crippen LogP contribution in [0, 0.1) is 11.3 Å². The van der Waals surface area contributed by atoms with Gasteiger partial charge in [-0.1, -0.05) is 48.5 Å². The summed E-state index contributed by atoms with van der Waals surface area (Å²) in [5, 5.41) is 10.5. The maximum absolute atomic E-state index is 9.56. The first kappa shape index (κ1) is 17.5. The monoisotopic (exact) mass is 356 g/mol. The van der Waals surface area contributed by atoms with E-state index in [1.807, 2.05) is 30.3 Å². The zero-order valence-corrected chi connectivity index (χ0v) is 15.9. The number of piperazine rings is 1. The standard InChI is InChI=1S/C23H24N4/c1-23(2)17-26(12-13-27(23)16-18-8-4-3-5-9-18)22-14-19(15-24)20-10-6-7-11-21(20)25-22/h3-11,14H,12-13,16-17H2,1-2H3. The van der Waals surface area contributed by atoms with E-state index < -0.39 is 0 Å². The third kappa shape index (κ3) is 3.51. The van der Waals surface area contributed by atoms with E-state index in [-0.39, 0.29) is 5.54 Å². The van der Waals surface area contributed by atoms with Crippen molar-refractivity contribution in [2.24, 2.45) is 0 Å². The lowest BCUT2D eigenvalue weighted by atomic mass is 9.97. The Morgan fingerprint density at radius 3 is 2.52 bits per heavy atom. The van der Waals surface area contributed by atoms with E-state index in [1.165, 1.54) is 5.56 Å². The molecule has 1 fully saturated rings.